The Morgan fingerprint density at radius 2 is 1.97 bits per heavy atom. The van der Waals surface area contributed by atoms with Gasteiger partial charge in [-0.15, -0.1) is 0 Å². The van der Waals surface area contributed by atoms with Gasteiger partial charge in [0, 0.05) is 18.8 Å². The lowest BCUT2D eigenvalue weighted by Gasteiger charge is -2.18. The van der Waals surface area contributed by atoms with Gasteiger partial charge in [0.15, 0.2) is 0 Å². The second kappa shape index (κ2) is 15.3. The third-order valence-corrected chi connectivity index (χ3v) is 6.29. The molecule has 3 atom stereocenters. The molecule has 31 heavy (non-hydrogen) atoms. The van der Waals surface area contributed by atoms with Crippen LogP contribution >= 0.6 is 12.6 Å². The van der Waals surface area contributed by atoms with Crippen molar-refractivity contribution in [1.29, 1.82) is 0 Å². The summed E-state index contributed by atoms with van der Waals surface area (Å²) in [5.41, 5.74) is 5.01. The monoisotopic (exact) mass is 450 g/mol. The van der Waals surface area contributed by atoms with E-state index in [0.29, 0.717) is 12.8 Å². The van der Waals surface area contributed by atoms with Crippen molar-refractivity contribution < 1.29 is 15.0 Å². The predicted octanol–water partition coefficient (Wildman–Crippen LogP) is 4.19. The number of unbranched alkanes of at least 4 members (excludes halogenated alkanes) is 1. The van der Waals surface area contributed by atoms with E-state index in [9.17, 15) is 9.90 Å². The van der Waals surface area contributed by atoms with Crippen molar-refractivity contribution >= 4 is 18.6 Å². The number of aryl methyl sites for hydroxylation is 2. The van der Waals surface area contributed by atoms with Crippen LogP contribution in [0.25, 0.3) is 0 Å². The normalized spacial score (nSPS) is 14.1. The number of likely N-dealkylation sites (N-methyl/N-ethyl adjacent to an activating group) is 1. The molecule has 0 spiro atoms. The zero-order valence-electron chi connectivity index (χ0n) is 19.5. The molecule has 0 saturated carbocycles. The molecule has 0 aliphatic heterocycles. The van der Waals surface area contributed by atoms with Gasteiger partial charge in [0.2, 0.25) is 0 Å². The van der Waals surface area contributed by atoms with Crippen molar-refractivity contribution in [2.45, 2.75) is 70.6 Å². The number of hydrogen-bond donors (Lipinski definition) is 5. The van der Waals surface area contributed by atoms with E-state index in [1.165, 1.54) is 16.7 Å². The molecule has 5 nitrogen and oxygen atoms in total. The van der Waals surface area contributed by atoms with Gasteiger partial charge < -0.3 is 20.8 Å². The minimum Gasteiger partial charge on any atom is -0.481 e. The summed E-state index contributed by atoms with van der Waals surface area (Å²) in [5.74, 6) is -1.02. The van der Waals surface area contributed by atoms with Gasteiger partial charge in [-0.1, -0.05) is 45.0 Å². The van der Waals surface area contributed by atoms with Crippen LogP contribution in [0, 0.1) is 11.8 Å². The number of thiol groups is 1. The maximum Gasteiger partial charge on any atom is 0.306 e. The molecule has 6 heteroatoms. The Morgan fingerprint density at radius 3 is 2.58 bits per heavy atom. The molecule has 0 radical (unpaired) electrons. The lowest BCUT2D eigenvalue weighted by Crippen LogP contribution is -2.29. The second-order valence-electron chi connectivity index (χ2n) is 8.55. The number of carboxylic acid groups (broad SMARTS) is 1. The van der Waals surface area contributed by atoms with Crippen molar-refractivity contribution in [3.8, 4) is 0 Å². The standard InChI is InChI=1S/C25H42N2O3S/c1-5-8-21-11-10-20(15-18(2)16-23(12-14-28)25(29)30)17-22(21)9-6-7-13-27-19(3)24(31)26-4/h10-11,17-18,23-24,26-28,31H,3,5-9,12-16H2,1-2,4H3,(H,29,30). The predicted molar refractivity (Wildman–Crippen MR) is 133 cm³/mol. The van der Waals surface area contributed by atoms with E-state index in [1.807, 2.05) is 7.05 Å². The lowest BCUT2D eigenvalue weighted by molar-refractivity contribution is -0.142. The van der Waals surface area contributed by atoms with E-state index >= 15 is 0 Å². The van der Waals surface area contributed by atoms with E-state index in [4.69, 9.17) is 5.11 Å². The number of nitrogens with one attached hydrogen (secondary N) is 2. The first kappa shape index (κ1) is 27.5. The summed E-state index contributed by atoms with van der Waals surface area (Å²) < 4.78 is 0. The van der Waals surface area contributed by atoms with Gasteiger partial charge >= 0.3 is 5.97 Å². The fourth-order valence-electron chi connectivity index (χ4n) is 3.98. The van der Waals surface area contributed by atoms with Crippen molar-refractivity contribution in [3.05, 3.63) is 47.2 Å². The quantitative estimate of drug-likeness (QED) is 0.140. The summed E-state index contributed by atoms with van der Waals surface area (Å²) in [4.78, 5) is 11.4. The van der Waals surface area contributed by atoms with E-state index in [-0.39, 0.29) is 17.9 Å². The molecule has 3 unspecified atom stereocenters. The Labute approximate surface area is 194 Å². The molecule has 1 aromatic rings. The van der Waals surface area contributed by atoms with Crippen molar-refractivity contribution in [3.63, 3.8) is 0 Å². The van der Waals surface area contributed by atoms with Gasteiger partial charge in [-0.2, -0.15) is 12.6 Å². The Balaban J connectivity index is 2.65. The highest BCUT2D eigenvalue weighted by molar-refractivity contribution is 7.81. The molecule has 176 valence electrons. The molecule has 0 aliphatic carbocycles. The van der Waals surface area contributed by atoms with Gasteiger partial charge in [-0.25, -0.2) is 0 Å². The SMILES string of the molecule is C=C(NCCCCc1cc(CC(C)CC(CCO)C(=O)O)ccc1CCC)C(S)NC. The first-order valence-electron chi connectivity index (χ1n) is 11.5. The topological polar surface area (TPSA) is 81.6 Å². The van der Waals surface area contributed by atoms with E-state index in [1.54, 1.807) is 0 Å². The zero-order chi connectivity index (χ0) is 23.2. The van der Waals surface area contributed by atoms with Crippen LogP contribution in [0.1, 0.15) is 62.6 Å². The first-order valence-corrected chi connectivity index (χ1v) is 12.1. The molecule has 0 aromatic heterocycles. The van der Waals surface area contributed by atoms with Crippen molar-refractivity contribution in [1.82, 2.24) is 10.6 Å². The highest BCUT2D eigenvalue weighted by Gasteiger charge is 2.20. The molecule has 0 saturated heterocycles. The molecular formula is C25H42N2O3S. The van der Waals surface area contributed by atoms with Gasteiger partial charge in [0.1, 0.15) is 0 Å². The Kier molecular flexibility index (Phi) is 13.6. The van der Waals surface area contributed by atoms with Crippen LogP contribution in [0.15, 0.2) is 30.5 Å². The fraction of sp³-hybridized carbons (Fsp3) is 0.640. The number of hydrogen-bond acceptors (Lipinski definition) is 5. The molecule has 0 bridgehead atoms. The third kappa shape index (κ3) is 10.6. The zero-order valence-corrected chi connectivity index (χ0v) is 20.4. The molecule has 0 amide bonds. The smallest absolute Gasteiger partial charge is 0.306 e. The number of aliphatic carboxylic acids is 1. The highest BCUT2D eigenvalue weighted by atomic mass is 32.1. The first-order chi connectivity index (χ1) is 14.8. The van der Waals surface area contributed by atoms with Crippen LogP contribution in [0.2, 0.25) is 0 Å². The summed E-state index contributed by atoms with van der Waals surface area (Å²) in [6.07, 6.45) is 7.20. The summed E-state index contributed by atoms with van der Waals surface area (Å²) in [7, 11) is 1.86. The van der Waals surface area contributed by atoms with Crippen LogP contribution in [0.3, 0.4) is 0 Å². The number of benzene rings is 1. The van der Waals surface area contributed by atoms with Gasteiger partial charge in [-0.05, 0) is 74.6 Å². The number of carbonyl (C=O) groups is 1. The number of aliphatic hydroxyl groups is 1. The van der Waals surface area contributed by atoms with Crippen LogP contribution in [-0.4, -0.2) is 41.8 Å². The highest BCUT2D eigenvalue weighted by Crippen LogP contribution is 2.23. The number of aliphatic hydroxyl groups excluding tert-OH is 1. The van der Waals surface area contributed by atoms with E-state index in [2.05, 4.69) is 61.9 Å². The minimum atomic E-state index is -0.810. The molecule has 0 fully saturated rings. The maximum absolute atomic E-state index is 11.4. The summed E-state index contributed by atoms with van der Waals surface area (Å²) in [6, 6.07) is 6.77. The second-order valence-corrected chi connectivity index (χ2v) is 9.06. The number of carboxylic acids is 1. The Bertz CT molecular complexity index is 681. The van der Waals surface area contributed by atoms with Gasteiger partial charge in [0.25, 0.3) is 0 Å². The largest absolute Gasteiger partial charge is 0.481 e. The number of rotatable bonds is 17. The fourth-order valence-corrected chi connectivity index (χ4v) is 4.07. The van der Waals surface area contributed by atoms with Gasteiger partial charge in [-0.3, -0.25) is 4.79 Å². The van der Waals surface area contributed by atoms with Crippen LogP contribution < -0.4 is 10.6 Å². The minimum absolute atomic E-state index is 0.0343. The van der Waals surface area contributed by atoms with Gasteiger partial charge in [0.05, 0.1) is 11.3 Å². The van der Waals surface area contributed by atoms with E-state index < -0.39 is 11.9 Å². The summed E-state index contributed by atoms with van der Waals surface area (Å²) in [5, 5.41) is 24.8. The average Bonchev–Trinajstić information content (AvgIpc) is 2.74. The molecule has 4 N–H and O–H groups in total. The molecule has 1 aromatic carbocycles. The Morgan fingerprint density at radius 1 is 1.23 bits per heavy atom. The molecule has 0 heterocycles. The lowest BCUT2D eigenvalue weighted by atomic mass is 9.87. The molecule has 0 aliphatic rings. The average molecular weight is 451 g/mol. The Hall–Kier alpha value is -1.50. The van der Waals surface area contributed by atoms with Crippen LogP contribution in [-0.2, 0) is 24.1 Å². The van der Waals surface area contributed by atoms with E-state index in [0.717, 1.165) is 50.8 Å². The summed E-state index contributed by atoms with van der Waals surface area (Å²) >= 11 is 4.41. The molecular weight excluding hydrogens is 408 g/mol. The molecule has 1 rings (SSSR count). The van der Waals surface area contributed by atoms with Crippen LogP contribution in [0.5, 0.6) is 0 Å². The van der Waals surface area contributed by atoms with Crippen LogP contribution in [0.4, 0.5) is 0 Å². The third-order valence-electron chi connectivity index (χ3n) is 5.72. The van der Waals surface area contributed by atoms with Crippen molar-refractivity contribution in [2.75, 3.05) is 20.2 Å². The van der Waals surface area contributed by atoms with Crippen molar-refractivity contribution in [2.24, 2.45) is 11.8 Å². The maximum atomic E-state index is 11.4. The summed E-state index contributed by atoms with van der Waals surface area (Å²) in [6.45, 7) is 9.12.